The van der Waals surface area contributed by atoms with E-state index in [4.69, 9.17) is 4.74 Å². The van der Waals surface area contributed by atoms with Crippen molar-refractivity contribution in [1.29, 1.82) is 0 Å². The molecular weight excluding hydrogens is 200 g/mol. The maximum absolute atomic E-state index is 5.56. The number of nitrogens with one attached hydrogen (secondary N) is 1. The molecule has 16 heavy (non-hydrogen) atoms. The van der Waals surface area contributed by atoms with E-state index < -0.39 is 0 Å². The maximum Gasteiger partial charge on any atom is 0.168 e. The quantitative estimate of drug-likeness (QED) is 0.771. The van der Waals surface area contributed by atoms with E-state index in [0.29, 0.717) is 6.61 Å². The van der Waals surface area contributed by atoms with Gasteiger partial charge in [0.2, 0.25) is 0 Å². The van der Waals surface area contributed by atoms with Gasteiger partial charge in [0.25, 0.3) is 0 Å². The van der Waals surface area contributed by atoms with E-state index in [-0.39, 0.29) is 5.41 Å². The Morgan fingerprint density at radius 1 is 1.62 bits per heavy atom. The van der Waals surface area contributed by atoms with Crippen LogP contribution in [0.2, 0.25) is 0 Å². The molecule has 84 valence electrons. The number of ether oxygens (including phenoxy) is 1. The molecule has 3 heteroatoms. The fourth-order valence-corrected chi connectivity index (χ4v) is 1.71. The van der Waals surface area contributed by atoms with Crippen molar-refractivity contribution in [2.24, 2.45) is 0 Å². The van der Waals surface area contributed by atoms with Gasteiger partial charge in [-0.25, -0.2) is 4.98 Å². The molecule has 0 saturated heterocycles. The molecule has 2 rings (SSSR count). The minimum absolute atomic E-state index is 0.120. The Hall–Kier alpha value is -1.73. The van der Waals surface area contributed by atoms with E-state index in [1.165, 1.54) is 0 Å². The number of hydrogen-bond acceptors (Lipinski definition) is 3. The predicted molar refractivity (Wildman–Crippen MR) is 65.0 cm³/mol. The molecule has 1 aromatic rings. The smallest absolute Gasteiger partial charge is 0.168 e. The van der Waals surface area contributed by atoms with Gasteiger partial charge in [-0.1, -0.05) is 20.4 Å². The molecular formula is C13H16N2O. The Kier molecular flexibility index (Phi) is 2.71. The van der Waals surface area contributed by atoms with Crippen molar-refractivity contribution in [3.63, 3.8) is 0 Å². The average molecular weight is 216 g/mol. The highest BCUT2D eigenvalue weighted by molar-refractivity contribution is 5.53. The average Bonchev–Trinajstić information content (AvgIpc) is 2.28. The number of pyridine rings is 1. The second-order valence-electron chi connectivity index (χ2n) is 4.42. The first-order chi connectivity index (χ1) is 7.63. The van der Waals surface area contributed by atoms with Gasteiger partial charge in [0, 0.05) is 11.6 Å². The Balaban J connectivity index is 2.40. The van der Waals surface area contributed by atoms with Crippen LogP contribution in [-0.2, 0) is 5.41 Å². The van der Waals surface area contributed by atoms with Gasteiger partial charge in [0.05, 0.1) is 6.54 Å². The fraction of sp³-hybridized carbons (Fsp3) is 0.385. The van der Waals surface area contributed by atoms with Crippen LogP contribution < -0.4 is 10.1 Å². The third-order valence-electron chi connectivity index (χ3n) is 2.71. The zero-order valence-electron chi connectivity index (χ0n) is 9.71. The topological polar surface area (TPSA) is 34.1 Å². The third kappa shape index (κ3) is 1.95. The predicted octanol–water partition coefficient (Wildman–Crippen LogP) is 2.50. The zero-order chi connectivity index (χ0) is 11.6. The number of anilines is 1. The van der Waals surface area contributed by atoms with Crippen molar-refractivity contribution in [1.82, 2.24) is 4.98 Å². The van der Waals surface area contributed by atoms with Crippen molar-refractivity contribution in [2.45, 2.75) is 19.3 Å². The van der Waals surface area contributed by atoms with Gasteiger partial charge in [0.1, 0.15) is 6.61 Å². The molecule has 0 atom stereocenters. The van der Waals surface area contributed by atoms with Crippen LogP contribution in [0, 0.1) is 0 Å². The summed E-state index contributed by atoms with van der Waals surface area (Å²) < 4.78 is 5.56. The number of rotatable bonds is 2. The summed E-state index contributed by atoms with van der Waals surface area (Å²) in [6, 6.07) is 2.03. The van der Waals surface area contributed by atoms with Crippen molar-refractivity contribution >= 4 is 5.82 Å². The van der Waals surface area contributed by atoms with E-state index in [1.54, 1.807) is 0 Å². The lowest BCUT2D eigenvalue weighted by atomic mass is 9.85. The SMILES string of the molecule is C=C=CC(C)(C)c1cnc2c(c1)OCCN2. The molecule has 0 aliphatic carbocycles. The van der Waals surface area contributed by atoms with Gasteiger partial charge in [-0.2, -0.15) is 0 Å². The monoisotopic (exact) mass is 216 g/mol. The zero-order valence-corrected chi connectivity index (χ0v) is 9.71. The van der Waals surface area contributed by atoms with Crippen LogP contribution in [-0.4, -0.2) is 18.1 Å². The second kappa shape index (κ2) is 4.03. The van der Waals surface area contributed by atoms with Crippen LogP contribution in [0.25, 0.3) is 0 Å². The summed E-state index contributed by atoms with van der Waals surface area (Å²) >= 11 is 0. The summed E-state index contributed by atoms with van der Waals surface area (Å²) in [7, 11) is 0. The molecule has 0 spiro atoms. The highest BCUT2D eigenvalue weighted by Crippen LogP contribution is 2.31. The molecule has 0 amide bonds. The van der Waals surface area contributed by atoms with E-state index in [0.717, 1.165) is 23.7 Å². The summed E-state index contributed by atoms with van der Waals surface area (Å²) in [6.45, 7) is 9.32. The van der Waals surface area contributed by atoms with Crippen LogP contribution >= 0.6 is 0 Å². The minimum Gasteiger partial charge on any atom is -0.488 e. The van der Waals surface area contributed by atoms with Gasteiger partial charge >= 0.3 is 0 Å². The maximum atomic E-state index is 5.56. The summed E-state index contributed by atoms with van der Waals surface area (Å²) in [6.07, 6.45) is 3.81. The summed E-state index contributed by atoms with van der Waals surface area (Å²) in [5, 5.41) is 3.20. The van der Waals surface area contributed by atoms with Crippen LogP contribution in [0.1, 0.15) is 19.4 Å². The Labute approximate surface area is 95.8 Å². The molecule has 2 heterocycles. The molecule has 3 nitrogen and oxygen atoms in total. The van der Waals surface area contributed by atoms with Crippen LogP contribution in [0.3, 0.4) is 0 Å². The molecule has 1 N–H and O–H groups in total. The molecule has 0 unspecified atom stereocenters. The molecule has 0 fully saturated rings. The molecule has 0 saturated carbocycles. The number of hydrogen-bond donors (Lipinski definition) is 1. The van der Waals surface area contributed by atoms with Crippen LogP contribution in [0.15, 0.2) is 30.6 Å². The van der Waals surface area contributed by atoms with Crippen molar-refractivity contribution in [3.8, 4) is 5.75 Å². The lowest BCUT2D eigenvalue weighted by Crippen LogP contribution is -2.21. The van der Waals surface area contributed by atoms with Gasteiger partial charge in [-0.05, 0) is 17.7 Å². The van der Waals surface area contributed by atoms with Gasteiger partial charge in [-0.3, -0.25) is 0 Å². The standard InChI is InChI=1S/C13H16N2O/c1-4-5-13(2,3)10-8-11-12(15-9-10)14-6-7-16-11/h5,8-9H,1,6-7H2,2-3H3,(H,14,15). The first kappa shape index (κ1) is 10.8. The highest BCUT2D eigenvalue weighted by Gasteiger charge is 2.20. The molecule has 0 bridgehead atoms. The molecule has 1 aliphatic rings. The summed E-state index contributed by atoms with van der Waals surface area (Å²) in [5.74, 6) is 1.66. The molecule has 0 radical (unpaired) electrons. The Morgan fingerprint density at radius 2 is 2.44 bits per heavy atom. The minimum atomic E-state index is -0.120. The van der Waals surface area contributed by atoms with E-state index in [1.807, 2.05) is 18.3 Å². The fourth-order valence-electron chi connectivity index (χ4n) is 1.71. The number of nitrogens with zero attached hydrogens (tertiary/aromatic N) is 1. The molecule has 1 aliphatic heterocycles. The largest absolute Gasteiger partial charge is 0.488 e. The highest BCUT2D eigenvalue weighted by atomic mass is 16.5. The Morgan fingerprint density at radius 3 is 3.19 bits per heavy atom. The van der Waals surface area contributed by atoms with Crippen molar-refractivity contribution in [3.05, 3.63) is 36.2 Å². The van der Waals surface area contributed by atoms with Crippen LogP contribution in [0.5, 0.6) is 5.75 Å². The number of fused-ring (bicyclic) bond motifs is 1. The number of aromatic nitrogens is 1. The normalized spacial score (nSPS) is 14.1. The van der Waals surface area contributed by atoms with Gasteiger partial charge in [0.15, 0.2) is 11.6 Å². The van der Waals surface area contributed by atoms with Gasteiger partial charge in [-0.15, -0.1) is 5.73 Å². The van der Waals surface area contributed by atoms with E-state index >= 15 is 0 Å². The van der Waals surface area contributed by atoms with Crippen molar-refractivity contribution < 1.29 is 4.74 Å². The van der Waals surface area contributed by atoms with Crippen molar-refractivity contribution in [2.75, 3.05) is 18.5 Å². The summed E-state index contributed by atoms with van der Waals surface area (Å²) in [4.78, 5) is 4.36. The molecule has 1 aromatic heterocycles. The first-order valence-electron chi connectivity index (χ1n) is 5.38. The van der Waals surface area contributed by atoms with Gasteiger partial charge < -0.3 is 10.1 Å². The Bertz CT molecular complexity index is 445. The lowest BCUT2D eigenvalue weighted by molar-refractivity contribution is 0.320. The van der Waals surface area contributed by atoms with Crippen LogP contribution in [0.4, 0.5) is 5.82 Å². The second-order valence-corrected chi connectivity index (χ2v) is 4.42. The lowest BCUT2D eigenvalue weighted by Gasteiger charge is -2.23. The summed E-state index contributed by atoms with van der Waals surface area (Å²) in [5.41, 5.74) is 3.81. The third-order valence-corrected chi connectivity index (χ3v) is 2.71. The number of allylic oxidation sites excluding steroid dienone is 1. The van der Waals surface area contributed by atoms with E-state index in [2.05, 4.69) is 36.5 Å². The molecule has 0 aromatic carbocycles. The first-order valence-corrected chi connectivity index (χ1v) is 5.38. The van der Waals surface area contributed by atoms with E-state index in [9.17, 15) is 0 Å².